The van der Waals surface area contributed by atoms with Crippen LogP contribution in [-0.4, -0.2) is 195 Å². The molecule has 0 aliphatic carbocycles. The number of carboxylic acid groups (broad SMARTS) is 3. The highest BCUT2D eigenvalue weighted by atomic mass is 16.4. The number of aliphatic hydroxyl groups is 1. The summed E-state index contributed by atoms with van der Waals surface area (Å²) in [6.45, 7) is -1.72. The minimum Gasteiger partial charge on any atom is -0.508 e. The number of nitrogens with two attached hydrogens (primary N) is 4. The Morgan fingerprint density at radius 2 is 0.878 bits per heavy atom. The molecule has 34 heteroatoms. The van der Waals surface area contributed by atoms with Gasteiger partial charge in [-0.2, -0.15) is 0 Å². The van der Waals surface area contributed by atoms with Gasteiger partial charge in [0.05, 0.1) is 38.6 Å². The van der Waals surface area contributed by atoms with Crippen molar-refractivity contribution >= 4 is 88.8 Å². The van der Waals surface area contributed by atoms with Gasteiger partial charge in [-0.15, -0.1) is 0 Å². The average molecular weight is 1260 g/mol. The number of hydrogen-bond donors (Lipinski definition) is 19. The minimum absolute atomic E-state index is 0.0698. The number of aliphatic carboxylic acids is 3. The van der Waals surface area contributed by atoms with Crippen LogP contribution < -0.4 is 76.1 Å². The normalized spacial score (nSPS) is 13.7. The van der Waals surface area contributed by atoms with Crippen LogP contribution in [0.25, 0.3) is 0 Å². The third kappa shape index (κ3) is 27.7. The molecule has 3 aromatic rings. The van der Waals surface area contributed by atoms with Crippen LogP contribution in [-0.2, 0) is 86.4 Å². The van der Waals surface area contributed by atoms with Gasteiger partial charge in [-0.3, -0.25) is 72.1 Å². The van der Waals surface area contributed by atoms with E-state index in [1.54, 1.807) is 60.7 Å². The molecule has 0 unspecified atom stereocenters. The highest BCUT2D eigenvalue weighted by Crippen LogP contribution is 2.14. The molecule has 11 amide bonds. The lowest BCUT2D eigenvalue weighted by molar-refractivity contribution is -0.143. The average Bonchev–Trinajstić information content (AvgIpc) is 3.70. The van der Waals surface area contributed by atoms with E-state index in [0.717, 1.165) is 6.92 Å². The van der Waals surface area contributed by atoms with E-state index in [1.165, 1.54) is 24.3 Å². The lowest BCUT2D eigenvalue weighted by atomic mass is 10.0. The molecule has 23 N–H and O–H groups in total. The molecule has 0 heterocycles. The number of carbonyl (C=O) groups is 14. The number of benzene rings is 3. The van der Waals surface area contributed by atoms with E-state index in [9.17, 15) is 92.7 Å². The number of aliphatic imine (C=N–C) groups is 1. The van der Waals surface area contributed by atoms with E-state index in [4.69, 9.17) is 22.9 Å². The standard InChI is InChI=1S/C56H75N15O19/c1-29(55(89)90)64-50(84)39(24-42(58)74)71-53(87)40(25-46(79)80)65-43(75)26-63-49(83)36(21-30-9-4-2-5-10-30)68-51(85)37(22-31-11-6-3-7-12-31)69-52(86)38(23-32-14-16-33(73)17-15-32)70-54(88)41(28-72)66-44(76)27-62-48(82)35(18-19-45(77)78)67-47(81)34(57)13-8-20-61-56(59)60/h2-7,9-12,14-17,29,34-41,72-73H,8,13,18-28,57H2,1H3,(H2,58,74)(H,62,82)(H,63,83)(H,64,84)(H,65,75)(H,66,76)(H,67,81)(H,68,85)(H,69,86)(H,70,88)(H,71,87)(H,77,78)(H,79,80)(H,89,90)(H4,59,60,61)/t29-,34-,35-,36-,37-,38-,39-,40-,41-/m0/s1. The topological polar surface area (TPSA) is 577 Å². The van der Waals surface area contributed by atoms with Gasteiger partial charge >= 0.3 is 17.9 Å². The van der Waals surface area contributed by atoms with Crippen molar-refractivity contribution in [1.82, 2.24) is 53.2 Å². The van der Waals surface area contributed by atoms with Crippen LogP contribution in [0.2, 0.25) is 0 Å². The van der Waals surface area contributed by atoms with Crippen molar-refractivity contribution in [2.45, 2.75) is 119 Å². The number of hydrogen-bond acceptors (Lipinski definition) is 18. The van der Waals surface area contributed by atoms with Gasteiger partial charge in [0, 0.05) is 32.2 Å². The summed E-state index contributed by atoms with van der Waals surface area (Å²) in [4.78, 5) is 186. The van der Waals surface area contributed by atoms with Crippen molar-refractivity contribution in [3.63, 3.8) is 0 Å². The Labute approximate surface area is 513 Å². The summed E-state index contributed by atoms with van der Waals surface area (Å²) < 4.78 is 0. The highest BCUT2D eigenvalue weighted by molar-refractivity contribution is 5.99. The second-order valence-electron chi connectivity index (χ2n) is 20.2. The van der Waals surface area contributed by atoms with Crippen molar-refractivity contribution in [3.05, 3.63) is 102 Å². The van der Waals surface area contributed by atoms with E-state index < -0.39 is 183 Å². The molecule has 3 rings (SSSR count). The molecule has 0 aliphatic heterocycles. The number of guanidine groups is 1. The van der Waals surface area contributed by atoms with Crippen LogP contribution in [0.1, 0.15) is 62.1 Å². The van der Waals surface area contributed by atoms with E-state index >= 15 is 0 Å². The Hall–Kier alpha value is -10.8. The second-order valence-corrected chi connectivity index (χ2v) is 20.2. The first-order valence-electron chi connectivity index (χ1n) is 27.7. The van der Waals surface area contributed by atoms with Crippen LogP contribution in [0.3, 0.4) is 0 Å². The molecule has 0 saturated heterocycles. The van der Waals surface area contributed by atoms with Gasteiger partial charge in [0.2, 0.25) is 65.0 Å². The monoisotopic (exact) mass is 1260 g/mol. The quantitative estimate of drug-likeness (QED) is 0.0143. The molecule has 0 saturated carbocycles. The first-order chi connectivity index (χ1) is 42.5. The molecule has 34 nitrogen and oxygen atoms in total. The maximum absolute atomic E-state index is 14.6. The first kappa shape index (κ1) is 73.5. The molecule has 90 heavy (non-hydrogen) atoms. The second kappa shape index (κ2) is 37.7. The zero-order valence-corrected chi connectivity index (χ0v) is 48.7. The van der Waals surface area contributed by atoms with Crippen molar-refractivity contribution in [1.29, 1.82) is 0 Å². The fourth-order valence-electron chi connectivity index (χ4n) is 8.19. The van der Waals surface area contributed by atoms with Crippen molar-refractivity contribution < 1.29 is 92.7 Å². The summed E-state index contributed by atoms with van der Waals surface area (Å²) >= 11 is 0. The number of nitrogens with one attached hydrogen (secondary N) is 10. The Bertz CT molecular complexity index is 3040. The summed E-state index contributed by atoms with van der Waals surface area (Å²) in [5.41, 5.74) is 23.0. The van der Waals surface area contributed by atoms with Crippen LogP contribution in [0.5, 0.6) is 5.75 Å². The van der Waals surface area contributed by atoms with Crippen LogP contribution >= 0.6 is 0 Å². The van der Waals surface area contributed by atoms with Crippen molar-refractivity contribution in [2.24, 2.45) is 27.9 Å². The third-order valence-corrected chi connectivity index (χ3v) is 12.9. The van der Waals surface area contributed by atoms with Gasteiger partial charge in [-0.1, -0.05) is 72.8 Å². The first-order valence-corrected chi connectivity index (χ1v) is 27.7. The van der Waals surface area contributed by atoms with E-state index in [2.05, 4.69) is 52.8 Å². The largest absolute Gasteiger partial charge is 0.508 e. The summed E-state index contributed by atoms with van der Waals surface area (Å²) in [6, 6.07) is 7.06. The van der Waals surface area contributed by atoms with Crippen LogP contribution in [0.15, 0.2) is 89.9 Å². The van der Waals surface area contributed by atoms with Gasteiger partial charge in [0.15, 0.2) is 5.96 Å². The molecule has 0 fully saturated rings. The third-order valence-electron chi connectivity index (χ3n) is 12.9. The highest BCUT2D eigenvalue weighted by Gasteiger charge is 2.35. The molecular weight excluding hydrogens is 1190 g/mol. The maximum atomic E-state index is 14.6. The number of rotatable bonds is 39. The Balaban J connectivity index is 1.87. The number of primary amides is 1. The van der Waals surface area contributed by atoms with E-state index in [0.29, 0.717) is 16.7 Å². The molecular formula is C56H75N15O19. The van der Waals surface area contributed by atoms with Gasteiger partial charge < -0.3 is 102 Å². The number of phenolic OH excluding ortho intramolecular Hbond substituents is 1. The summed E-state index contributed by atoms with van der Waals surface area (Å²) in [5, 5.41) is 71.3. The van der Waals surface area contributed by atoms with Gasteiger partial charge in [0.1, 0.15) is 54.1 Å². The molecule has 9 atom stereocenters. The molecule has 0 bridgehead atoms. The molecule has 0 aliphatic rings. The summed E-state index contributed by atoms with van der Waals surface area (Å²) in [5.74, 6) is -16.8. The number of amides is 11. The van der Waals surface area contributed by atoms with Crippen molar-refractivity contribution in [2.75, 3.05) is 26.2 Å². The molecule has 488 valence electrons. The number of aliphatic hydroxyl groups excluding tert-OH is 1. The van der Waals surface area contributed by atoms with Crippen LogP contribution in [0, 0.1) is 0 Å². The predicted octanol–water partition coefficient (Wildman–Crippen LogP) is -6.78. The van der Waals surface area contributed by atoms with E-state index in [1.807, 2.05) is 5.32 Å². The molecule has 0 spiro atoms. The molecule has 0 aromatic heterocycles. The molecule has 3 aromatic carbocycles. The fourth-order valence-corrected chi connectivity index (χ4v) is 8.19. The number of carboxylic acids is 3. The fraction of sp³-hybridized carbons (Fsp3) is 0.411. The summed E-state index contributed by atoms with van der Waals surface area (Å²) in [6.07, 6.45) is -3.52. The SMILES string of the molecule is C[C@H](NC(=O)[C@H](CC(N)=O)NC(=O)[C@H](CC(=O)O)NC(=O)CNC(=O)[C@H](Cc1ccccc1)NC(=O)[C@H](Cc1ccccc1)NC(=O)[C@H](Cc1ccc(O)cc1)NC(=O)[C@H](CO)NC(=O)CNC(=O)[C@H](CCC(=O)O)NC(=O)[C@@H](N)CCCN=C(N)N)C(=O)O. The Kier molecular flexibility index (Phi) is 30.8. The maximum Gasteiger partial charge on any atom is 0.325 e. The van der Waals surface area contributed by atoms with Crippen LogP contribution in [0.4, 0.5) is 0 Å². The Morgan fingerprint density at radius 3 is 1.33 bits per heavy atom. The van der Waals surface area contributed by atoms with Crippen molar-refractivity contribution in [3.8, 4) is 5.75 Å². The number of aromatic hydroxyl groups is 1. The smallest absolute Gasteiger partial charge is 0.325 e. The lowest BCUT2D eigenvalue weighted by Crippen LogP contribution is -2.60. The van der Waals surface area contributed by atoms with Gasteiger partial charge in [-0.05, 0) is 55.0 Å². The lowest BCUT2D eigenvalue weighted by Gasteiger charge is -2.27. The molecule has 0 radical (unpaired) electrons. The zero-order chi connectivity index (χ0) is 67.0. The zero-order valence-electron chi connectivity index (χ0n) is 48.7. The predicted molar refractivity (Wildman–Crippen MR) is 315 cm³/mol. The van der Waals surface area contributed by atoms with Gasteiger partial charge in [0.25, 0.3) is 0 Å². The van der Waals surface area contributed by atoms with E-state index in [-0.39, 0.29) is 50.4 Å². The Morgan fingerprint density at radius 1 is 0.467 bits per heavy atom. The minimum atomic E-state index is -1.96. The summed E-state index contributed by atoms with van der Waals surface area (Å²) in [7, 11) is 0. The number of nitrogens with zero attached hydrogens (tertiary/aromatic N) is 1. The number of carbonyl (C=O) groups excluding carboxylic acids is 11. The number of phenols is 1. The van der Waals surface area contributed by atoms with Gasteiger partial charge in [-0.25, -0.2) is 0 Å².